The summed E-state index contributed by atoms with van der Waals surface area (Å²) in [5.41, 5.74) is 4.08. The second kappa shape index (κ2) is 3.70. The molecule has 1 aromatic rings. The number of H-pyrrole nitrogens is 1. The van der Waals surface area contributed by atoms with Gasteiger partial charge < -0.3 is 14.8 Å². The van der Waals surface area contributed by atoms with Gasteiger partial charge in [0.05, 0.1) is 19.6 Å². The van der Waals surface area contributed by atoms with E-state index < -0.39 is 5.97 Å². The zero-order valence-corrected chi connectivity index (χ0v) is 8.96. The minimum Gasteiger partial charge on any atom is -0.481 e. The maximum Gasteiger partial charge on any atom is 0.307 e. The fourth-order valence-corrected chi connectivity index (χ4v) is 2.06. The van der Waals surface area contributed by atoms with Crippen molar-refractivity contribution in [3.05, 3.63) is 22.5 Å². The van der Waals surface area contributed by atoms with Crippen LogP contribution in [-0.4, -0.2) is 16.1 Å². The Morgan fingerprint density at radius 1 is 1.53 bits per heavy atom. The molecule has 2 rings (SSSR count). The second-order valence-corrected chi connectivity index (χ2v) is 4.19. The van der Waals surface area contributed by atoms with E-state index in [0.717, 1.165) is 22.5 Å². The number of hydrogen-bond donors (Lipinski definition) is 2. The van der Waals surface area contributed by atoms with E-state index in [4.69, 9.17) is 9.84 Å². The topological polar surface area (TPSA) is 62.3 Å². The number of aliphatic carboxylic acids is 1. The van der Waals surface area contributed by atoms with Crippen LogP contribution in [0.4, 0.5) is 0 Å². The van der Waals surface area contributed by atoms with Gasteiger partial charge in [-0.15, -0.1) is 0 Å². The molecule has 2 heterocycles. The van der Waals surface area contributed by atoms with Crippen molar-refractivity contribution < 1.29 is 14.6 Å². The van der Waals surface area contributed by atoms with Gasteiger partial charge in [-0.2, -0.15) is 0 Å². The van der Waals surface area contributed by atoms with Crippen molar-refractivity contribution in [1.29, 1.82) is 0 Å². The average Bonchev–Trinajstić information content (AvgIpc) is 2.66. The summed E-state index contributed by atoms with van der Waals surface area (Å²) in [6.07, 6.45) is 0.0860. The van der Waals surface area contributed by atoms with Crippen molar-refractivity contribution in [2.45, 2.75) is 39.4 Å². The van der Waals surface area contributed by atoms with E-state index in [9.17, 15) is 4.79 Å². The number of aromatic amines is 1. The smallest absolute Gasteiger partial charge is 0.307 e. The number of carboxylic acid groups (broad SMARTS) is 1. The van der Waals surface area contributed by atoms with E-state index in [2.05, 4.69) is 18.8 Å². The van der Waals surface area contributed by atoms with Crippen molar-refractivity contribution in [3.8, 4) is 0 Å². The zero-order valence-electron chi connectivity index (χ0n) is 8.96. The molecule has 0 saturated carbocycles. The van der Waals surface area contributed by atoms with Crippen LogP contribution in [0.25, 0.3) is 0 Å². The quantitative estimate of drug-likeness (QED) is 0.797. The first-order valence-corrected chi connectivity index (χ1v) is 5.11. The van der Waals surface area contributed by atoms with Crippen molar-refractivity contribution in [2.24, 2.45) is 0 Å². The number of ether oxygens (including phenoxy) is 1. The summed E-state index contributed by atoms with van der Waals surface area (Å²) in [4.78, 5) is 14.1. The molecule has 0 amide bonds. The summed E-state index contributed by atoms with van der Waals surface area (Å²) in [5, 5.41) is 8.87. The van der Waals surface area contributed by atoms with E-state index in [-0.39, 0.29) is 6.42 Å². The molecule has 4 heteroatoms. The van der Waals surface area contributed by atoms with Gasteiger partial charge in [0.2, 0.25) is 0 Å². The highest BCUT2D eigenvalue weighted by Gasteiger charge is 2.24. The van der Waals surface area contributed by atoms with Crippen molar-refractivity contribution in [1.82, 2.24) is 4.98 Å². The normalized spacial score (nSPS) is 14.6. The largest absolute Gasteiger partial charge is 0.481 e. The maximum atomic E-state index is 10.8. The van der Waals surface area contributed by atoms with Crippen LogP contribution < -0.4 is 0 Å². The molecule has 0 fully saturated rings. The first-order valence-electron chi connectivity index (χ1n) is 5.11. The summed E-state index contributed by atoms with van der Waals surface area (Å²) < 4.78 is 5.29. The predicted octanol–water partition coefficient (Wildman–Crippen LogP) is 1.80. The van der Waals surface area contributed by atoms with Gasteiger partial charge in [0, 0.05) is 17.0 Å². The van der Waals surface area contributed by atoms with Crippen molar-refractivity contribution >= 4 is 5.97 Å². The van der Waals surface area contributed by atoms with Gasteiger partial charge in [-0.1, -0.05) is 13.8 Å². The number of hydrogen-bond acceptors (Lipinski definition) is 2. The van der Waals surface area contributed by atoms with Gasteiger partial charge in [-0.05, 0) is 11.5 Å². The summed E-state index contributed by atoms with van der Waals surface area (Å²) in [5.74, 6) is -0.462. The Balaban J connectivity index is 2.43. The molecule has 82 valence electrons. The highest BCUT2D eigenvalue weighted by Crippen LogP contribution is 2.30. The molecule has 0 unspecified atom stereocenters. The number of aromatic nitrogens is 1. The fraction of sp³-hybridized carbons (Fsp3) is 0.545. The Kier molecular flexibility index (Phi) is 2.52. The SMILES string of the molecule is CC(C)c1[nH]c2c(c1CC(=O)O)COC2. The van der Waals surface area contributed by atoms with Gasteiger partial charge in [0.25, 0.3) is 0 Å². The minimum absolute atomic E-state index is 0.0860. The lowest BCUT2D eigenvalue weighted by atomic mass is 10.0. The number of fused-ring (bicyclic) bond motifs is 1. The summed E-state index contributed by atoms with van der Waals surface area (Å²) in [7, 11) is 0. The molecule has 1 aliphatic rings. The molecule has 0 spiro atoms. The van der Waals surface area contributed by atoms with Crippen LogP contribution in [0.15, 0.2) is 0 Å². The average molecular weight is 209 g/mol. The Morgan fingerprint density at radius 3 is 2.87 bits per heavy atom. The van der Waals surface area contributed by atoms with Gasteiger partial charge >= 0.3 is 5.97 Å². The number of carbonyl (C=O) groups is 1. The van der Waals surface area contributed by atoms with E-state index in [1.54, 1.807) is 0 Å². The van der Waals surface area contributed by atoms with E-state index >= 15 is 0 Å². The highest BCUT2D eigenvalue weighted by molar-refractivity contribution is 5.71. The van der Waals surface area contributed by atoms with Crippen LogP contribution in [0.1, 0.15) is 42.3 Å². The molecule has 0 atom stereocenters. The van der Waals surface area contributed by atoms with E-state index in [0.29, 0.717) is 19.1 Å². The van der Waals surface area contributed by atoms with Crippen LogP contribution >= 0.6 is 0 Å². The lowest BCUT2D eigenvalue weighted by Crippen LogP contribution is -2.05. The number of rotatable bonds is 3. The standard InChI is InChI=1S/C11H15NO3/c1-6(2)11-7(3-10(13)14)8-4-15-5-9(8)12-11/h6,12H,3-5H2,1-2H3,(H,13,14). The first kappa shape index (κ1) is 10.2. The lowest BCUT2D eigenvalue weighted by molar-refractivity contribution is -0.136. The molecule has 15 heavy (non-hydrogen) atoms. The second-order valence-electron chi connectivity index (χ2n) is 4.19. The molecule has 1 aliphatic heterocycles. The third kappa shape index (κ3) is 1.77. The molecule has 0 aromatic carbocycles. The van der Waals surface area contributed by atoms with Crippen LogP contribution in [0.2, 0.25) is 0 Å². The fourth-order valence-electron chi connectivity index (χ4n) is 2.06. The molecule has 2 N–H and O–H groups in total. The summed E-state index contributed by atoms with van der Waals surface area (Å²) >= 11 is 0. The Hall–Kier alpha value is -1.29. The van der Waals surface area contributed by atoms with E-state index in [1.165, 1.54) is 0 Å². The third-order valence-corrected chi connectivity index (χ3v) is 2.74. The Labute approximate surface area is 88.3 Å². The van der Waals surface area contributed by atoms with Gasteiger partial charge in [-0.25, -0.2) is 0 Å². The molecular formula is C11H15NO3. The highest BCUT2D eigenvalue weighted by atomic mass is 16.5. The summed E-state index contributed by atoms with van der Waals surface area (Å²) in [6.45, 7) is 5.25. The predicted molar refractivity (Wildman–Crippen MR) is 54.7 cm³/mol. The van der Waals surface area contributed by atoms with E-state index in [1.807, 2.05) is 0 Å². The molecular weight excluding hydrogens is 194 g/mol. The van der Waals surface area contributed by atoms with Crippen LogP contribution in [0.3, 0.4) is 0 Å². The number of nitrogens with one attached hydrogen (secondary N) is 1. The first-order chi connectivity index (χ1) is 7.09. The molecule has 4 nitrogen and oxygen atoms in total. The van der Waals surface area contributed by atoms with Crippen LogP contribution in [-0.2, 0) is 29.2 Å². The minimum atomic E-state index is -0.786. The molecule has 0 saturated heterocycles. The molecule has 0 aliphatic carbocycles. The summed E-state index contributed by atoms with van der Waals surface area (Å²) in [6, 6.07) is 0. The molecule has 0 bridgehead atoms. The molecule has 0 radical (unpaired) electrons. The van der Waals surface area contributed by atoms with Gasteiger partial charge in [0.1, 0.15) is 0 Å². The maximum absolute atomic E-state index is 10.8. The van der Waals surface area contributed by atoms with Crippen LogP contribution in [0.5, 0.6) is 0 Å². The Bertz CT molecular complexity index is 393. The van der Waals surface area contributed by atoms with Crippen molar-refractivity contribution in [2.75, 3.05) is 0 Å². The monoisotopic (exact) mass is 209 g/mol. The van der Waals surface area contributed by atoms with Crippen LogP contribution in [0, 0.1) is 0 Å². The van der Waals surface area contributed by atoms with Gasteiger partial charge in [-0.3, -0.25) is 4.79 Å². The molecule has 1 aromatic heterocycles. The third-order valence-electron chi connectivity index (χ3n) is 2.74. The lowest BCUT2D eigenvalue weighted by Gasteiger charge is -2.07. The Morgan fingerprint density at radius 2 is 2.27 bits per heavy atom. The number of carboxylic acids is 1. The van der Waals surface area contributed by atoms with Gasteiger partial charge in [0.15, 0.2) is 0 Å². The van der Waals surface area contributed by atoms with Crippen molar-refractivity contribution in [3.63, 3.8) is 0 Å². The zero-order chi connectivity index (χ0) is 11.0.